The van der Waals surface area contributed by atoms with Crippen molar-refractivity contribution in [3.05, 3.63) is 66.2 Å². The Balaban J connectivity index is 1.37. The Labute approximate surface area is 181 Å². The monoisotopic (exact) mass is 420 g/mol. The molecule has 2 fully saturated rings. The molecule has 154 valence electrons. The number of hydrogen-bond acceptors (Lipinski definition) is 5. The van der Waals surface area contributed by atoms with Crippen LogP contribution in [0, 0.1) is 5.92 Å². The van der Waals surface area contributed by atoms with Crippen LogP contribution in [0.2, 0.25) is 0 Å². The van der Waals surface area contributed by atoms with Gasteiger partial charge in [-0.05, 0) is 42.8 Å². The molecular formula is C23H24N4O2S. The fourth-order valence-corrected chi connectivity index (χ4v) is 4.12. The molecule has 2 heterocycles. The van der Waals surface area contributed by atoms with Gasteiger partial charge in [-0.1, -0.05) is 48.5 Å². The molecule has 2 aliphatic heterocycles. The molecule has 30 heavy (non-hydrogen) atoms. The average Bonchev–Trinajstić information content (AvgIpc) is 2.76. The smallest absolute Gasteiger partial charge is 0.251 e. The van der Waals surface area contributed by atoms with E-state index in [2.05, 4.69) is 39.5 Å². The van der Waals surface area contributed by atoms with Crippen LogP contribution in [0.25, 0.3) is 0 Å². The Morgan fingerprint density at radius 2 is 1.63 bits per heavy atom. The van der Waals surface area contributed by atoms with Crippen LogP contribution >= 0.6 is 12.2 Å². The molecule has 2 aliphatic rings. The summed E-state index contributed by atoms with van der Waals surface area (Å²) in [6.45, 7) is 2.83. The molecule has 7 heteroatoms. The number of piperidine rings is 1. The lowest BCUT2D eigenvalue weighted by atomic mass is 10.0. The summed E-state index contributed by atoms with van der Waals surface area (Å²) in [4.78, 5) is 33.7. The van der Waals surface area contributed by atoms with Crippen LogP contribution in [0.5, 0.6) is 0 Å². The van der Waals surface area contributed by atoms with Crippen molar-refractivity contribution in [1.29, 1.82) is 0 Å². The van der Waals surface area contributed by atoms with Crippen molar-refractivity contribution in [2.24, 2.45) is 10.9 Å². The van der Waals surface area contributed by atoms with E-state index in [1.165, 1.54) is 16.7 Å². The van der Waals surface area contributed by atoms with Gasteiger partial charge in [-0.25, -0.2) is 0 Å². The normalized spacial score (nSPS) is 21.3. The molecule has 6 nitrogen and oxygen atoms in total. The van der Waals surface area contributed by atoms with Crippen molar-refractivity contribution < 1.29 is 9.59 Å². The van der Waals surface area contributed by atoms with E-state index in [9.17, 15) is 9.59 Å². The van der Waals surface area contributed by atoms with Crippen LogP contribution < -0.4 is 10.2 Å². The van der Waals surface area contributed by atoms with E-state index in [1.54, 1.807) is 12.1 Å². The molecule has 2 amide bonds. The predicted octanol–water partition coefficient (Wildman–Crippen LogP) is 2.79. The zero-order chi connectivity index (χ0) is 20.9. The van der Waals surface area contributed by atoms with Crippen LogP contribution in [-0.2, 0) is 16.1 Å². The number of carbonyl (C=O) groups excluding carboxylic acids is 2. The second-order valence-electron chi connectivity index (χ2n) is 7.57. The van der Waals surface area contributed by atoms with Crippen molar-refractivity contribution >= 4 is 41.0 Å². The number of aliphatic imine (C=N–C) groups is 1. The minimum absolute atomic E-state index is 0.107. The third-order valence-electron chi connectivity index (χ3n) is 5.47. The maximum absolute atomic E-state index is 13.0. The molecular weight excluding hydrogens is 396 g/mol. The largest absolute Gasteiger partial charge is 0.301 e. The van der Waals surface area contributed by atoms with Crippen LogP contribution in [-0.4, -0.2) is 47.2 Å². The van der Waals surface area contributed by atoms with Crippen LogP contribution in [0.15, 0.2) is 65.7 Å². The third kappa shape index (κ3) is 4.63. The van der Waals surface area contributed by atoms with E-state index in [-0.39, 0.29) is 17.1 Å². The lowest BCUT2D eigenvalue weighted by molar-refractivity contribution is -0.130. The summed E-state index contributed by atoms with van der Waals surface area (Å²) in [6.07, 6.45) is 3.33. The van der Waals surface area contributed by atoms with Crippen LogP contribution in [0.1, 0.15) is 18.4 Å². The highest BCUT2D eigenvalue weighted by molar-refractivity contribution is 7.80. The van der Waals surface area contributed by atoms with Gasteiger partial charge < -0.3 is 5.32 Å². The van der Waals surface area contributed by atoms with E-state index in [0.717, 1.165) is 32.5 Å². The Morgan fingerprint density at radius 1 is 1.00 bits per heavy atom. The van der Waals surface area contributed by atoms with E-state index >= 15 is 0 Å². The maximum Gasteiger partial charge on any atom is 0.251 e. The van der Waals surface area contributed by atoms with E-state index in [4.69, 9.17) is 12.2 Å². The standard InChI is InChI=1S/C23H24N4O2S/c28-21-20(22(29)27(23(30)25-21)19-9-5-2-6-10-19)15-24-18-11-13-26(14-12-18)16-17-7-3-1-4-8-17/h1-10,15,18,20H,11-14,16H2,(H,25,28,30). The van der Waals surface area contributed by atoms with Crippen LogP contribution in [0.3, 0.4) is 0 Å². The minimum Gasteiger partial charge on any atom is -0.301 e. The quantitative estimate of drug-likeness (QED) is 0.459. The zero-order valence-electron chi connectivity index (χ0n) is 16.6. The number of rotatable bonds is 5. The van der Waals surface area contributed by atoms with Gasteiger partial charge in [0.25, 0.3) is 5.91 Å². The van der Waals surface area contributed by atoms with E-state index in [0.29, 0.717) is 5.69 Å². The summed E-state index contributed by atoms with van der Waals surface area (Å²) < 4.78 is 0. The minimum atomic E-state index is -0.959. The number of hydrogen-bond donors (Lipinski definition) is 1. The zero-order valence-corrected chi connectivity index (χ0v) is 17.4. The van der Waals surface area contributed by atoms with Gasteiger partial charge in [-0.2, -0.15) is 0 Å². The number of nitrogens with one attached hydrogen (secondary N) is 1. The topological polar surface area (TPSA) is 65.0 Å². The maximum atomic E-state index is 13.0. The third-order valence-corrected chi connectivity index (χ3v) is 5.75. The van der Waals surface area contributed by atoms with Crippen LogP contribution in [0.4, 0.5) is 5.69 Å². The first kappa shape index (κ1) is 20.4. The molecule has 0 aromatic heterocycles. The van der Waals surface area contributed by atoms with E-state index in [1.807, 2.05) is 24.3 Å². The number of likely N-dealkylation sites (tertiary alicyclic amines) is 1. The molecule has 0 saturated carbocycles. The summed E-state index contributed by atoms with van der Waals surface area (Å²) in [5.41, 5.74) is 1.95. The molecule has 1 unspecified atom stereocenters. The first-order valence-electron chi connectivity index (χ1n) is 10.2. The lowest BCUT2D eigenvalue weighted by Crippen LogP contribution is -2.58. The Kier molecular flexibility index (Phi) is 6.30. The van der Waals surface area contributed by atoms with Crippen molar-refractivity contribution in [2.75, 3.05) is 18.0 Å². The lowest BCUT2D eigenvalue weighted by Gasteiger charge is -2.32. The molecule has 2 saturated heterocycles. The molecule has 2 aromatic rings. The summed E-state index contributed by atoms with van der Waals surface area (Å²) in [5, 5.41) is 2.74. The van der Waals surface area contributed by atoms with Gasteiger partial charge in [0, 0.05) is 25.8 Å². The highest BCUT2D eigenvalue weighted by atomic mass is 32.1. The number of para-hydroxylation sites is 1. The number of anilines is 1. The Hall–Kier alpha value is -2.90. The van der Waals surface area contributed by atoms with Gasteiger partial charge in [0.05, 0.1) is 11.7 Å². The fraction of sp³-hybridized carbons (Fsp3) is 0.304. The van der Waals surface area contributed by atoms with Crippen molar-refractivity contribution in [3.63, 3.8) is 0 Å². The molecule has 1 atom stereocenters. The molecule has 1 N–H and O–H groups in total. The van der Waals surface area contributed by atoms with E-state index < -0.39 is 11.8 Å². The number of carbonyl (C=O) groups is 2. The number of thiocarbonyl (C=S) groups is 1. The van der Waals surface area contributed by atoms with Crippen molar-refractivity contribution in [1.82, 2.24) is 10.2 Å². The SMILES string of the molecule is O=C1NC(=S)N(c2ccccc2)C(=O)C1C=NC1CCN(Cc2ccccc2)CC1. The molecule has 4 rings (SSSR count). The van der Waals surface area contributed by atoms with Gasteiger partial charge >= 0.3 is 0 Å². The van der Waals surface area contributed by atoms with Gasteiger partial charge in [-0.3, -0.25) is 24.4 Å². The highest BCUT2D eigenvalue weighted by Gasteiger charge is 2.38. The van der Waals surface area contributed by atoms with Gasteiger partial charge in [0.1, 0.15) is 0 Å². The van der Waals surface area contributed by atoms with Gasteiger partial charge in [-0.15, -0.1) is 0 Å². The summed E-state index contributed by atoms with van der Waals surface area (Å²) in [6, 6.07) is 19.6. The second kappa shape index (κ2) is 9.28. The molecule has 0 radical (unpaired) electrons. The molecule has 2 aromatic carbocycles. The predicted molar refractivity (Wildman–Crippen MR) is 121 cm³/mol. The van der Waals surface area contributed by atoms with Crippen molar-refractivity contribution in [3.8, 4) is 0 Å². The first-order valence-corrected chi connectivity index (χ1v) is 10.6. The first-order chi connectivity index (χ1) is 14.6. The Morgan fingerprint density at radius 3 is 2.30 bits per heavy atom. The number of nitrogens with zero attached hydrogens (tertiary/aromatic N) is 3. The molecule has 0 spiro atoms. The van der Waals surface area contributed by atoms with Gasteiger partial charge in [0.2, 0.25) is 5.91 Å². The molecule has 0 aliphatic carbocycles. The number of amides is 2. The van der Waals surface area contributed by atoms with Crippen molar-refractivity contribution in [2.45, 2.75) is 25.4 Å². The molecule has 0 bridgehead atoms. The van der Waals surface area contributed by atoms with Gasteiger partial charge in [0.15, 0.2) is 11.0 Å². The summed E-state index contributed by atoms with van der Waals surface area (Å²) in [5.74, 6) is -1.73. The number of benzene rings is 2. The highest BCUT2D eigenvalue weighted by Crippen LogP contribution is 2.21. The second-order valence-corrected chi connectivity index (χ2v) is 7.96. The summed E-state index contributed by atoms with van der Waals surface area (Å²) in [7, 11) is 0. The fourth-order valence-electron chi connectivity index (χ4n) is 3.82. The average molecular weight is 421 g/mol. The summed E-state index contributed by atoms with van der Waals surface area (Å²) >= 11 is 5.22. The Bertz CT molecular complexity index is 940.